The number of H-pyrrole nitrogens is 1. The molecule has 1 aromatic heterocycles. The number of rotatable bonds is 7. The molecule has 120 valence electrons. The van der Waals surface area contributed by atoms with Gasteiger partial charge < -0.3 is 9.72 Å². The predicted octanol–water partition coefficient (Wildman–Crippen LogP) is 5.13. The molecule has 2 aromatic carbocycles. The van der Waals surface area contributed by atoms with Crippen molar-refractivity contribution in [3.63, 3.8) is 0 Å². The van der Waals surface area contributed by atoms with Crippen LogP contribution in [-0.4, -0.2) is 22.3 Å². The molecule has 0 aliphatic carbocycles. The Morgan fingerprint density at radius 3 is 2.83 bits per heavy atom. The van der Waals surface area contributed by atoms with Gasteiger partial charge in [0.05, 0.1) is 17.6 Å². The van der Waals surface area contributed by atoms with Gasteiger partial charge in [-0.25, -0.2) is 4.98 Å². The van der Waals surface area contributed by atoms with E-state index in [4.69, 9.17) is 4.74 Å². The first-order valence-corrected chi connectivity index (χ1v) is 8.98. The highest BCUT2D eigenvalue weighted by atomic mass is 32.2. The van der Waals surface area contributed by atoms with Gasteiger partial charge in [0.25, 0.3) is 0 Å². The van der Waals surface area contributed by atoms with Gasteiger partial charge in [0.15, 0.2) is 5.16 Å². The fourth-order valence-corrected chi connectivity index (χ4v) is 3.33. The van der Waals surface area contributed by atoms with E-state index < -0.39 is 0 Å². The number of aromatic amines is 1. The van der Waals surface area contributed by atoms with Gasteiger partial charge in [-0.15, -0.1) is 0 Å². The molecule has 1 heterocycles. The van der Waals surface area contributed by atoms with E-state index >= 15 is 0 Å². The molecule has 3 nitrogen and oxygen atoms in total. The standard InChI is InChI=1S/C19H22N2OS/c1-14-9-10-16-17(13-14)21-19(20-16)23-12-6-5-11-22-18-8-4-3-7-15(18)2/h3-4,7-10,13H,5-6,11-12H2,1-2H3,(H,20,21). The third-order valence-electron chi connectivity index (χ3n) is 3.74. The van der Waals surface area contributed by atoms with Gasteiger partial charge in [-0.3, -0.25) is 0 Å². The molecule has 1 N–H and O–H groups in total. The minimum absolute atomic E-state index is 0.769. The summed E-state index contributed by atoms with van der Waals surface area (Å²) in [6.45, 7) is 4.95. The zero-order chi connectivity index (χ0) is 16.1. The SMILES string of the molecule is Cc1ccc2nc(SCCCCOc3ccccc3C)[nH]c2c1. The van der Waals surface area contributed by atoms with Gasteiger partial charge >= 0.3 is 0 Å². The minimum atomic E-state index is 0.769. The number of ether oxygens (including phenoxy) is 1. The molecule has 0 saturated carbocycles. The topological polar surface area (TPSA) is 37.9 Å². The maximum atomic E-state index is 5.82. The lowest BCUT2D eigenvalue weighted by atomic mass is 10.2. The molecule has 0 atom stereocenters. The van der Waals surface area contributed by atoms with Crippen molar-refractivity contribution in [3.8, 4) is 5.75 Å². The summed E-state index contributed by atoms with van der Waals surface area (Å²) in [6.07, 6.45) is 2.17. The average molecular weight is 326 g/mol. The van der Waals surface area contributed by atoms with Crippen molar-refractivity contribution < 1.29 is 4.74 Å². The summed E-state index contributed by atoms with van der Waals surface area (Å²) in [5.74, 6) is 2.04. The minimum Gasteiger partial charge on any atom is -0.493 e. The van der Waals surface area contributed by atoms with Gasteiger partial charge in [0.2, 0.25) is 0 Å². The Bertz CT molecular complexity index is 782. The number of thioether (sulfide) groups is 1. The predicted molar refractivity (Wildman–Crippen MR) is 97.5 cm³/mol. The Morgan fingerprint density at radius 2 is 1.96 bits per heavy atom. The number of hydrogen-bond donors (Lipinski definition) is 1. The van der Waals surface area contributed by atoms with Crippen molar-refractivity contribution in [1.29, 1.82) is 0 Å². The summed E-state index contributed by atoms with van der Waals surface area (Å²) in [4.78, 5) is 7.99. The maximum Gasteiger partial charge on any atom is 0.166 e. The summed E-state index contributed by atoms with van der Waals surface area (Å²) in [7, 11) is 0. The Kier molecular flexibility index (Phi) is 5.23. The summed E-state index contributed by atoms with van der Waals surface area (Å²) < 4.78 is 5.82. The van der Waals surface area contributed by atoms with Crippen LogP contribution in [0.4, 0.5) is 0 Å². The van der Waals surface area contributed by atoms with Gasteiger partial charge in [0.1, 0.15) is 5.75 Å². The molecular weight excluding hydrogens is 304 g/mol. The lowest BCUT2D eigenvalue weighted by Gasteiger charge is -2.08. The van der Waals surface area contributed by atoms with E-state index in [0.717, 1.165) is 47.1 Å². The van der Waals surface area contributed by atoms with Crippen LogP contribution in [0.3, 0.4) is 0 Å². The smallest absolute Gasteiger partial charge is 0.166 e. The second-order valence-electron chi connectivity index (χ2n) is 5.73. The number of unbranched alkanes of at least 4 members (excludes halogenated alkanes) is 1. The number of hydrogen-bond acceptors (Lipinski definition) is 3. The van der Waals surface area contributed by atoms with E-state index in [1.54, 1.807) is 11.8 Å². The third kappa shape index (κ3) is 4.29. The third-order valence-corrected chi connectivity index (χ3v) is 4.70. The Balaban J connectivity index is 1.40. The summed E-state index contributed by atoms with van der Waals surface area (Å²) in [5, 5.41) is 1.01. The summed E-state index contributed by atoms with van der Waals surface area (Å²) >= 11 is 1.78. The van der Waals surface area contributed by atoms with Crippen molar-refractivity contribution in [2.45, 2.75) is 31.8 Å². The number of fused-ring (bicyclic) bond motifs is 1. The number of aromatic nitrogens is 2. The van der Waals surface area contributed by atoms with E-state index in [-0.39, 0.29) is 0 Å². The van der Waals surface area contributed by atoms with Crippen molar-refractivity contribution in [2.24, 2.45) is 0 Å². The fourth-order valence-electron chi connectivity index (χ4n) is 2.44. The molecule has 0 aliphatic heterocycles. The highest BCUT2D eigenvalue weighted by Gasteiger charge is 2.03. The number of aryl methyl sites for hydroxylation is 2. The molecular formula is C19H22N2OS. The first-order valence-electron chi connectivity index (χ1n) is 8.00. The number of benzene rings is 2. The molecule has 3 aromatic rings. The van der Waals surface area contributed by atoms with E-state index in [0.29, 0.717) is 0 Å². The lowest BCUT2D eigenvalue weighted by Crippen LogP contribution is -1.99. The Labute approximate surface area is 141 Å². The van der Waals surface area contributed by atoms with Gasteiger partial charge in [0, 0.05) is 5.75 Å². The first-order chi connectivity index (χ1) is 11.2. The number of nitrogens with zero attached hydrogens (tertiary/aromatic N) is 1. The lowest BCUT2D eigenvalue weighted by molar-refractivity contribution is 0.308. The molecule has 3 rings (SSSR count). The van der Waals surface area contributed by atoms with Gasteiger partial charge in [-0.1, -0.05) is 36.0 Å². The van der Waals surface area contributed by atoms with Crippen LogP contribution in [0, 0.1) is 13.8 Å². The summed E-state index contributed by atoms with van der Waals surface area (Å²) in [5.41, 5.74) is 4.61. The molecule has 0 fully saturated rings. The Morgan fingerprint density at radius 1 is 1.09 bits per heavy atom. The van der Waals surface area contributed by atoms with Crippen LogP contribution in [0.15, 0.2) is 47.6 Å². The quantitative estimate of drug-likeness (QED) is 0.483. The largest absolute Gasteiger partial charge is 0.493 e. The normalized spacial score (nSPS) is 11.0. The number of nitrogens with one attached hydrogen (secondary N) is 1. The number of imidazole rings is 1. The first kappa shape index (κ1) is 15.9. The van der Waals surface area contributed by atoms with Gasteiger partial charge in [-0.05, 0) is 56.0 Å². The van der Waals surface area contributed by atoms with E-state index in [2.05, 4.69) is 48.1 Å². The van der Waals surface area contributed by atoms with Crippen LogP contribution in [0.1, 0.15) is 24.0 Å². The monoisotopic (exact) mass is 326 g/mol. The van der Waals surface area contributed by atoms with E-state index in [1.165, 1.54) is 11.1 Å². The van der Waals surface area contributed by atoms with Gasteiger partial charge in [-0.2, -0.15) is 0 Å². The second kappa shape index (κ2) is 7.55. The average Bonchev–Trinajstić information content (AvgIpc) is 2.94. The molecule has 4 heteroatoms. The van der Waals surface area contributed by atoms with E-state index in [9.17, 15) is 0 Å². The molecule has 0 unspecified atom stereocenters. The van der Waals surface area contributed by atoms with Crippen molar-refractivity contribution in [1.82, 2.24) is 9.97 Å². The molecule has 0 aliphatic rings. The van der Waals surface area contributed by atoms with Crippen LogP contribution in [-0.2, 0) is 0 Å². The summed E-state index contributed by atoms with van der Waals surface area (Å²) in [6, 6.07) is 14.5. The fraction of sp³-hybridized carbons (Fsp3) is 0.316. The molecule has 0 bridgehead atoms. The molecule has 0 amide bonds. The molecule has 0 radical (unpaired) electrons. The zero-order valence-electron chi connectivity index (χ0n) is 13.6. The van der Waals surface area contributed by atoms with Crippen molar-refractivity contribution in [3.05, 3.63) is 53.6 Å². The maximum absolute atomic E-state index is 5.82. The second-order valence-corrected chi connectivity index (χ2v) is 6.82. The van der Waals surface area contributed by atoms with Crippen LogP contribution in [0.2, 0.25) is 0 Å². The van der Waals surface area contributed by atoms with Crippen LogP contribution in [0.5, 0.6) is 5.75 Å². The molecule has 23 heavy (non-hydrogen) atoms. The van der Waals surface area contributed by atoms with E-state index in [1.807, 2.05) is 18.2 Å². The van der Waals surface area contributed by atoms with Crippen LogP contribution < -0.4 is 4.74 Å². The number of para-hydroxylation sites is 1. The van der Waals surface area contributed by atoms with Crippen LogP contribution >= 0.6 is 11.8 Å². The molecule has 0 saturated heterocycles. The zero-order valence-corrected chi connectivity index (χ0v) is 14.5. The highest BCUT2D eigenvalue weighted by Crippen LogP contribution is 2.21. The highest BCUT2D eigenvalue weighted by molar-refractivity contribution is 7.99. The van der Waals surface area contributed by atoms with Crippen LogP contribution in [0.25, 0.3) is 11.0 Å². The van der Waals surface area contributed by atoms with Crippen molar-refractivity contribution >= 4 is 22.8 Å². The van der Waals surface area contributed by atoms with Crippen molar-refractivity contribution in [2.75, 3.05) is 12.4 Å². The Hall–Kier alpha value is -1.94. The molecule has 0 spiro atoms.